The predicted octanol–water partition coefficient (Wildman–Crippen LogP) is 9.85. The van der Waals surface area contributed by atoms with Crippen LogP contribution in [0.25, 0.3) is 27.8 Å². The molecule has 0 atom stereocenters. The molecule has 3 aromatic carbocycles. The molecule has 30 heavy (non-hydrogen) atoms. The first kappa shape index (κ1) is 26.9. The van der Waals surface area contributed by atoms with Crippen LogP contribution in [0.5, 0.6) is 0 Å². The summed E-state index contributed by atoms with van der Waals surface area (Å²) >= 11 is 0. The first-order chi connectivity index (χ1) is 14.8. The van der Waals surface area contributed by atoms with Crippen molar-refractivity contribution in [2.45, 2.75) is 41.5 Å². The summed E-state index contributed by atoms with van der Waals surface area (Å²) in [6, 6.07) is 27.6. The van der Waals surface area contributed by atoms with E-state index in [0.717, 1.165) is 11.1 Å². The maximum Gasteiger partial charge on any atom is -0.0172 e. The van der Waals surface area contributed by atoms with Gasteiger partial charge in [-0.1, -0.05) is 134 Å². The van der Waals surface area contributed by atoms with Crippen molar-refractivity contribution < 1.29 is 0 Å². The second kappa shape index (κ2) is 16.8. The summed E-state index contributed by atoms with van der Waals surface area (Å²) in [4.78, 5) is 0. The fourth-order valence-electron chi connectivity index (χ4n) is 2.80. The third-order valence-electron chi connectivity index (χ3n) is 4.00. The molecule has 0 unspecified atom stereocenters. The highest BCUT2D eigenvalue weighted by Crippen LogP contribution is 2.31. The Kier molecular flexibility index (Phi) is 15.1. The number of hydrogen-bond donors (Lipinski definition) is 0. The molecule has 0 N–H and O–H groups in total. The predicted molar refractivity (Wildman–Crippen MR) is 140 cm³/mol. The number of allylic oxidation sites excluding steroid dienone is 4. The van der Waals surface area contributed by atoms with Gasteiger partial charge < -0.3 is 0 Å². The van der Waals surface area contributed by atoms with Crippen molar-refractivity contribution in [3.63, 3.8) is 0 Å². The van der Waals surface area contributed by atoms with E-state index >= 15 is 0 Å². The van der Waals surface area contributed by atoms with Crippen molar-refractivity contribution in [2.75, 3.05) is 0 Å². The molecule has 158 valence electrons. The van der Waals surface area contributed by atoms with Gasteiger partial charge in [-0.3, -0.25) is 0 Å². The van der Waals surface area contributed by atoms with Crippen LogP contribution in [0.15, 0.2) is 110 Å². The van der Waals surface area contributed by atoms with Gasteiger partial charge in [-0.2, -0.15) is 0 Å². The van der Waals surface area contributed by atoms with Gasteiger partial charge in [0.2, 0.25) is 0 Å². The third kappa shape index (κ3) is 8.09. The zero-order valence-corrected chi connectivity index (χ0v) is 19.7. The van der Waals surface area contributed by atoms with Crippen LogP contribution >= 0.6 is 0 Å². The van der Waals surface area contributed by atoms with Crippen LogP contribution in [-0.2, 0) is 0 Å². The van der Waals surface area contributed by atoms with Crippen molar-refractivity contribution in [2.24, 2.45) is 0 Å². The maximum atomic E-state index is 3.94. The van der Waals surface area contributed by atoms with E-state index in [0.29, 0.717) is 0 Å². The van der Waals surface area contributed by atoms with Crippen molar-refractivity contribution in [1.29, 1.82) is 0 Å². The molecular weight excluding hydrogens is 360 g/mol. The fraction of sp³-hybridized carbons (Fsp3) is 0.200. The largest absolute Gasteiger partial charge is 0.0990 e. The van der Waals surface area contributed by atoms with Gasteiger partial charge in [-0.05, 0) is 51.6 Å². The van der Waals surface area contributed by atoms with Gasteiger partial charge in [0.25, 0.3) is 0 Å². The van der Waals surface area contributed by atoms with Crippen LogP contribution in [0.4, 0.5) is 0 Å². The molecule has 0 fully saturated rings. The van der Waals surface area contributed by atoms with E-state index in [1.54, 1.807) is 6.08 Å². The molecular formula is C30H38. The lowest BCUT2D eigenvalue weighted by Crippen LogP contribution is -1.88. The quantitative estimate of drug-likeness (QED) is 0.375. The summed E-state index contributed by atoms with van der Waals surface area (Å²) in [5.74, 6) is 0. The monoisotopic (exact) mass is 398 g/mol. The number of rotatable bonds is 5. The summed E-state index contributed by atoms with van der Waals surface area (Å²) in [6.07, 6.45) is 5.67. The van der Waals surface area contributed by atoms with Crippen molar-refractivity contribution >= 4 is 5.57 Å². The van der Waals surface area contributed by atoms with Crippen LogP contribution in [0.3, 0.4) is 0 Å². The number of hydrogen-bond acceptors (Lipinski definition) is 0. The highest BCUT2D eigenvalue weighted by Gasteiger charge is 2.07. The second-order valence-corrected chi connectivity index (χ2v) is 5.59. The van der Waals surface area contributed by atoms with Crippen LogP contribution in [0, 0.1) is 0 Å². The minimum atomic E-state index is 1.07. The molecule has 0 aromatic heterocycles. The normalized spacial score (nSPS) is 9.47. The Balaban J connectivity index is 0.00000129. The molecule has 0 radical (unpaired) electrons. The van der Waals surface area contributed by atoms with Crippen LogP contribution < -0.4 is 0 Å². The van der Waals surface area contributed by atoms with Gasteiger partial charge in [0.1, 0.15) is 0 Å². The molecule has 0 aliphatic carbocycles. The zero-order chi connectivity index (χ0) is 22.8. The van der Waals surface area contributed by atoms with Crippen LogP contribution in [0.1, 0.15) is 47.1 Å². The van der Waals surface area contributed by atoms with Crippen LogP contribution in [-0.4, -0.2) is 0 Å². The zero-order valence-electron chi connectivity index (χ0n) is 19.7. The van der Waals surface area contributed by atoms with E-state index in [-0.39, 0.29) is 0 Å². The lowest BCUT2D eigenvalue weighted by Gasteiger charge is -2.11. The second-order valence-electron chi connectivity index (χ2n) is 5.59. The average molecular weight is 399 g/mol. The smallest absolute Gasteiger partial charge is 0.0172 e. The minimum Gasteiger partial charge on any atom is -0.0990 e. The summed E-state index contributed by atoms with van der Waals surface area (Å²) < 4.78 is 0. The van der Waals surface area contributed by atoms with E-state index in [2.05, 4.69) is 79.9 Å². The van der Waals surface area contributed by atoms with Gasteiger partial charge in [0.05, 0.1) is 0 Å². The van der Waals surface area contributed by atoms with E-state index in [1.165, 1.54) is 22.3 Å². The average Bonchev–Trinajstić information content (AvgIpc) is 2.87. The summed E-state index contributed by atoms with van der Waals surface area (Å²) in [7, 11) is 0. The highest BCUT2D eigenvalue weighted by molar-refractivity contribution is 5.83. The molecule has 0 nitrogen and oxygen atoms in total. The standard InChI is InChI=1S/C24H20.3C2H6/c1-3-11-19(4-2)22-16-23(20-12-7-5-8-13-20)18-24(17-22)21-14-9-6-10-15-21;3*1-2/h3-18H,1-2H2;3*1-2H3/b19-11+;;;. The molecule has 0 bridgehead atoms. The first-order valence-corrected chi connectivity index (χ1v) is 11.0. The Hall–Kier alpha value is -3.12. The van der Waals surface area contributed by atoms with Crippen molar-refractivity contribution in [1.82, 2.24) is 0 Å². The SMILES string of the molecule is C=C/C=C(\C=C)c1cc(-c2ccccc2)cc(-c2ccccc2)c1.CC.CC.CC. The molecule has 3 aromatic rings. The van der Waals surface area contributed by atoms with E-state index in [4.69, 9.17) is 0 Å². The van der Waals surface area contributed by atoms with E-state index in [1.807, 2.05) is 65.8 Å². The molecule has 0 aliphatic heterocycles. The van der Waals surface area contributed by atoms with Gasteiger partial charge in [-0.15, -0.1) is 0 Å². The summed E-state index contributed by atoms with van der Waals surface area (Å²) in [6.45, 7) is 19.8. The lowest BCUT2D eigenvalue weighted by atomic mass is 9.93. The first-order valence-electron chi connectivity index (χ1n) is 11.0. The number of benzene rings is 3. The van der Waals surface area contributed by atoms with E-state index in [9.17, 15) is 0 Å². The molecule has 0 aliphatic rings. The van der Waals surface area contributed by atoms with Crippen LogP contribution in [0.2, 0.25) is 0 Å². The Morgan fingerprint density at radius 2 is 0.967 bits per heavy atom. The van der Waals surface area contributed by atoms with Gasteiger partial charge in [0, 0.05) is 0 Å². The highest BCUT2D eigenvalue weighted by atomic mass is 14.1. The topological polar surface area (TPSA) is 0 Å². The lowest BCUT2D eigenvalue weighted by molar-refractivity contribution is 1.50. The van der Waals surface area contributed by atoms with Gasteiger partial charge >= 0.3 is 0 Å². The molecule has 0 heteroatoms. The Bertz CT molecular complexity index is 811. The molecule has 3 rings (SSSR count). The van der Waals surface area contributed by atoms with E-state index < -0.39 is 0 Å². The molecule has 0 saturated heterocycles. The van der Waals surface area contributed by atoms with Crippen molar-refractivity contribution in [3.05, 3.63) is 116 Å². The molecule has 0 saturated carbocycles. The summed E-state index contributed by atoms with van der Waals surface area (Å²) in [5, 5.41) is 0. The fourth-order valence-corrected chi connectivity index (χ4v) is 2.80. The van der Waals surface area contributed by atoms with Gasteiger partial charge in [-0.25, -0.2) is 0 Å². The third-order valence-corrected chi connectivity index (χ3v) is 4.00. The van der Waals surface area contributed by atoms with Crippen molar-refractivity contribution in [3.8, 4) is 22.3 Å². The van der Waals surface area contributed by atoms with Gasteiger partial charge in [0.15, 0.2) is 0 Å². The molecule has 0 heterocycles. The maximum absolute atomic E-state index is 3.94. The Morgan fingerprint density at radius 3 is 1.30 bits per heavy atom. The summed E-state index contributed by atoms with van der Waals surface area (Å²) in [5.41, 5.74) is 7.02. The minimum absolute atomic E-state index is 1.07. The Morgan fingerprint density at radius 1 is 0.567 bits per heavy atom. The molecule has 0 amide bonds. The Labute approximate surface area is 185 Å². The molecule has 0 spiro atoms.